The Hall–Kier alpha value is -2.29. The van der Waals surface area contributed by atoms with E-state index in [1.807, 2.05) is 0 Å². The molecule has 0 amide bonds. The molecular formula is C20H19ClFNO5. The molecule has 2 aromatic rings. The summed E-state index contributed by atoms with van der Waals surface area (Å²) in [6.45, 7) is -0.641. The zero-order chi connectivity index (χ0) is 20.4. The SMILES string of the molecule is COc1cc2c(cc1Cc1cccc(Cl)c1F)C(=O)C=CC2N(CO)C(O)O. The number of aliphatic hydroxyl groups is 3. The molecule has 3 rings (SSSR count). The normalized spacial score (nSPS) is 16.0. The molecule has 1 aliphatic rings. The first-order valence-corrected chi connectivity index (χ1v) is 8.84. The number of rotatable bonds is 6. The van der Waals surface area contributed by atoms with Gasteiger partial charge in [0.05, 0.1) is 18.2 Å². The second-order valence-electron chi connectivity index (χ2n) is 6.31. The fourth-order valence-corrected chi connectivity index (χ4v) is 3.48. The van der Waals surface area contributed by atoms with Crippen LogP contribution in [0.15, 0.2) is 42.5 Å². The van der Waals surface area contributed by atoms with Crippen molar-refractivity contribution in [3.8, 4) is 5.75 Å². The van der Waals surface area contributed by atoms with Gasteiger partial charge >= 0.3 is 0 Å². The summed E-state index contributed by atoms with van der Waals surface area (Å²) in [4.78, 5) is 13.4. The summed E-state index contributed by atoms with van der Waals surface area (Å²) in [5.74, 6) is -0.425. The highest BCUT2D eigenvalue weighted by Gasteiger charge is 2.30. The van der Waals surface area contributed by atoms with Gasteiger partial charge < -0.3 is 20.1 Å². The van der Waals surface area contributed by atoms with Gasteiger partial charge in [-0.1, -0.05) is 29.8 Å². The molecule has 0 fully saturated rings. The molecule has 0 aromatic heterocycles. The van der Waals surface area contributed by atoms with Gasteiger partial charge in [0, 0.05) is 12.0 Å². The lowest BCUT2D eigenvalue weighted by Gasteiger charge is -2.32. The lowest BCUT2D eigenvalue weighted by atomic mass is 9.88. The molecule has 1 unspecified atom stereocenters. The van der Waals surface area contributed by atoms with Crippen molar-refractivity contribution >= 4 is 17.4 Å². The maximum Gasteiger partial charge on any atom is 0.216 e. The summed E-state index contributed by atoms with van der Waals surface area (Å²) in [6.07, 6.45) is 0.994. The average molecular weight is 408 g/mol. The van der Waals surface area contributed by atoms with Crippen LogP contribution in [0.5, 0.6) is 5.75 Å². The summed E-state index contributed by atoms with van der Waals surface area (Å²) < 4.78 is 19.7. The number of carbonyl (C=O) groups is 1. The van der Waals surface area contributed by atoms with E-state index in [1.54, 1.807) is 24.3 Å². The number of carbonyl (C=O) groups excluding carboxylic acids is 1. The van der Waals surface area contributed by atoms with Crippen molar-refractivity contribution < 1.29 is 29.2 Å². The predicted molar refractivity (Wildman–Crippen MR) is 101 cm³/mol. The molecule has 3 N–H and O–H groups in total. The van der Waals surface area contributed by atoms with Crippen LogP contribution in [0.1, 0.15) is 33.1 Å². The maximum absolute atomic E-state index is 14.3. The highest BCUT2D eigenvalue weighted by molar-refractivity contribution is 6.30. The second kappa shape index (κ2) is 8.38. The molecule has 1 atom stereocenters. The molecule has 28 heavy (non-hydrogen) atoms. The zero-order valence-corrected chi connectivity index (χ0v) is 15.7. The molecule has 0 radical (unpaired) electrons. The standard InChI is InChI=1S/C20H19ClFNO5/c1-28-18-9-13-14(17(25)6-5-16(13)23(10-24)20(26)27)8-12(18)7-11-3-2-4-15(21)19(11)22/h2-6,8-9,16,20,24,26-27H,7,10H2,1H3. The first-order valence-electron chi connectivity index (χ1n) is 8.46. The Kier molecular flexibility index (Phi) is 6.12. The number of aliphatic hydroxyl groups excluding tert-OH is 2. The van der Waals surface area contributed by atoms with E-state index >= 15 is 0 Å². The van der Waals surface area contributed by atoms with E-state index < -0.39 is 25.0 Å². The Bertz CT molecular complexity index is 931. The number of hydrogen-bond donors (Lipinski definition) is 3. The number of nitrogens with zero attached hydrogens (tertiary/aromatic N) is 1. The summed E-state index contributed by atoms with van der Waals surface area (Å²) in [5.41, 5.74) is 1.68. The highest BCUT2D eigenvalue weighted by atomic mass is 35.5. The van der Waals surface area contributed by atoms with Gasteiger partial charge in [0.25, 0.3) is 0 Å². The van der Waals surface area contributed by atoms with Crippen LogP contribution in [0.25, 0.3) is 0 Å². The minimum absolute atomic E-state index is 0.00372. The number of ketones is 1. The molecule has 148 valence electrons. The fraction of sp³-hybridized carbons (Fsp3) is 0.250. The highest BCUT2D eigenvalue weighted by Crippen LogP contribution is 2.36. The van der Waals surface area contributed by atoms with Gasteiger partial charge in [-0.3, -0.25) is 4.79 Å². The molecule has 8 heteroatoms. The molecule has 0 bridgehead atoms. The van der Waals surface area contributed by atoms with E-state index in [0.717, 1.165) is 4.90 Å². The quantitative estimate of drug-likeness (QED) is 0.637. The van der Waals surface area contributed by atoms with Crippen molar-refractivity contribution in [3.05, 3.63) is 75.6 Å². The van der Waals surface area contributed by atoms with Gasteiger partial charge in [-0.15, -0.1) is 0 Å². The van der Waals surface area contributed by atoms with Crippen LogP contribution in [-0.2, 0) is 6.42 Å². The van der Waals surface area contributed by atoms with Crippen LogP contribution in [-0.4, -0.2) is 46.3 Å². The van der Waals surface area contributed by atoms with E-state index in [1.165, 1.54) is 25.3 Å². The summed E-state index contributed by atoms with van der Waals surface area (Å²) in [7, 11) is 1.44. The maximum atomic E-state index is 14.3. The van der Waals surface area contributed by atoms with Crippen LogP contribution in [0, 0.1) is 5.82 Å². The van der Waals surface area contributed by atoms with Gasteiger partial charge in [0.1, 0.15) is 18.3 Å². The third-order valence-electron chi connectivity index (χ3n) is 4.70. The molecule has 0 aliphatic heterocycles. The van der Waals surface area contributed by atoms with Crippen molar-refractivity contribution in [2.75, 3.05) is 13.8 Å². The summed E-state index contributed by atoms with van der Waals surface area (Å²) in [5, 5.41) is 28.5. The summed E-state index contributed by atoms with van der Waals surface area (Å²) in [6, 6.07) is 7.12. The van der Waals surface area contributed by atoms with E-state index in [9.17, 15) is 24.5 Å². The lowest BCUT2D eigenvalue weighted by Crippen LogP contribution is -2.39. The molecule has 0 spiro atoms. The smallest absolute Gasteiger partial charge is 0.216 e. The first-order chi connectivity index (χ1) is 13.4. The molecule has 6 nitrogen and oxygen atoms in total. The van der Waals surface area contributed by atoms with Gasteiger partial charge in [0.2, 0.25) is 6.41 Å². The first kappa shape index (κ1) is 20.4. The molecule has 2 aromatic carbocycles. The monoisotopic (exact) mass is 407 g/mol. The van der Waals surface area contributed by atoms with Gasteiger partial charge in [-0.2, -0.15) is 0 Å². The van der Waals surface area contributed by atoms with Crippen LogP contribution in [0.4, 0.5) is 4.39 Å². The number of allylic oxidation sites excluding steroid dienone is 1. The number of ether oxygens (including phenoxy) is 1. The van der Waals surface area contributed by atoms with E-state index in [-0.39, 0.29) is 17.2 Å². The van der Waals surface area contributed by atoms with Crippen molar-refractivity contribution in [1.82, 2.24) is 4.90 Å². The Labute approximate surface area is 166 Å². The van der Waals surface area contributed by atoms with Crippen LogP contribution >= 0.6 is 11.6 Å². The largest absolute Gasteiger partial charge is 0.496 e. The van der Waals surface area contributed by atoms with Gasteiger partial charge in [-0.05, 0) is 41.0 Å². The number of halogens is 2. The minimum atomic E-state index is -1.92. The van der Waals surface area contributed by atoms with Crippen LogP contribution < -0.4 is 4.74 Å². The van der Waals surface area contributed by atoms with Crippen molar-refractivity contribution in [2.45, 2.75) is 18.9 Å². The van der Waals surface area contributed by atoms with Crippen molar-refractivity contribution in [2.24, 2.45) is 0 Å². The van der Waals surface area contributed by atoms with Gasteiger partial charge in [0.15, 0.2) is 5.78 Å². The third kappa shape index (κ3) is 3.80. The van der Waals surface area contributed by atoms with E-state index in [4.69, 9.17) is 16.3 Å². The van der Waals surface area contributed by atoms with Crippen molar-refractivity contribution in [3.63, 3.8) is 0 Å². The molecular weight excluding hydrogens is 389 g/mol. The zero-order valence-electron chi connectivity index (χ0n) is 15.0. The van der Waals surface area contributed by atoms with E-state index in [0.29, 0.717) is 28.0 Å². The van der Waals surface area contributed by atoms with Crippen molar-refractivity contribution in [1.29, 1.82) is 0 Å². The number of hydrogen-bond acceptors (Lipinski definition) is 6. The Morgan fingerprint density at radius 2 is 2.04 bits per heavy atom. The molecule has 0 saturated carbocycles. The lowest BCUT2D eigenvalue weighted by molar-refractivity contribution is -0.187. The fourth-order valence-electron chi connectivity index (χ4n) is 3.28. The number of methoxy groups -OCH3 is 1. The molecule has 1 aliphatic carbocycles. The third-order valence-corrected chi connectivity index (χ3v) is 4.99. The summed E-state index contributed by atoms with van der Waals surface area (Å²) >= 11 is 5.85. The Morgan fingerprint density at radius 3 is 2.68 bits per heavy atom. The topological polar surface area (TPSA) is 90.2 Å². The minimum Gasteiger partial charge on any atom is -0.496 e. The Morgan fingerprint density at radius 1 is 1.29 bits per heavy atom. The average Bonchev–Trinajstić information content (AvgIpc) is 2.67. The number of fused-ring (bicyclic) bond motifs is 1. The van der Waals surface area contributed by atoms with Gasteiger partial charge in [-0.25, -0.2) is 9.29 Å². The second-order valence-corrected chi connectivity index (χ2v) is 6.72. The predicted octanol–water partition coefficient (Wildman–Crippen LogP) is 2.39. The molecule has 0 heterocycles. The van der Waals surface area contributed by atoms with E-state index in [2.05, 4.69) is 0 Å². The molecule has 0 saturated heterocycles. The van der Waals surface area contributed by atoms with Crippen LogP contribution in [0.2, 0.25) is 5.02 Å². The Balaban J connectivity index is 2.08. The van der Waals surface area contributed by atoms with Crippen LogP contribution in [0.3, 0.4) is 0 Å². The number of benzene rings is 2.